The third kappa shape index (κ3) is 3.48. The quantitative estimate of drug-likeness (QED) is 0.633. The Hall–Kier alpha value is -0.280. The molecule has 3 rings (SSSR count). The van der Waals surface area contributed by atoms with Crippen molar-refractivity contribution in [2.75, 3.05) is 11.5 Å². The van der Waals surface area contributed by atoms with Gasteiger partial charge in [0.1, 0.15) is 0 Å². The Kier molecular flexibility index (Phi) is 4.87. The molecule has 1 aliphatic heterocycles. The van der Waals surface area contributed by atoms with Crippen molar-refractivity contribution in [3.63, 3.8) is 0 Å². The van der Waals surface area contributed by atoms with Gasteiger partial charge in [0.15, 0.2) is 0 Å². The standard InChI is InChI=1S/C16H14Cl2S2/c17-13-5-1-11(2-6-13)15-9-19-10-16(20-15)12-3-7-14(18)8-4-12/h1-8,15-16H,9-10H2/t15-,16+. The summed E-state index contributed by atoms with van der Waals surface area (Å²) in [4.78, 5) is 0. The molecular formula is C16H14Cl2S2. The highest BCUT2D eigenvalue weighted by Gasteiger charge is 2.25. The van der Waals surface area contributed by atoms with Gasteiger partial charge >= 0.3 is 0 Å². The Morgan fingerprint density at radius 3 is 1.50 bits per heavy atom. The van der Waals surface area contributed by atoms with Gasteiger partial charge in [-0.2, -0.15) is 11.8 Å². The maximum atomic E-state index is 5.97. The first-order chi connectivity index (χ1) is 9.72. The number of hydrogen-bond acceptors (Lipinski definition) is 2. The summed E-state index contributed by atoms with van der Waals surface area (Å²) < 4.78 is 0. The lowest BCUT2D eigenvalue weighted by atomic mass is 10.1. The van der Waals surface area contributed by atoms with Gasteiger partial charge in [0.25, 0.3) is 0 Å². The molecule has 0 radical (unpaired) electrons. The van der Waals surface area contributed by atoms with E-state index in [4.69, 9.17) is 23.2 Å². The van der Waals surface area contributed by atoms with Crippen LogP contribution in [0.4, 0.5) is 0 Å². The van der Waals surface area contributed by atoms with Crippen molar-refractivity contribution in [1.82, 2.24) is 0 Å². The maximum Gasteiger partial charge on any atom is 0.0406 e. The van der Waals surface area contributed by atoms with Crippen LogP contribution in [-0.4, -0.2) is 11.5 Å². The Bertz CT molecular complexity index is 515. The molecule has 1 heterocycles. The van der Waals surface area contributed by atoms with Crippen molar-refractivity contribution >= 4 is 46.7 Å². The number of hydrogen-bond donors (Lipinski definition) is 0. The van der Waals surface area contributed by atoms with Gasteiger partial charge in [0.05, 0.1) is 0 Å². The first-order valence-electron chi connectivity index (χ1n) is 6.46. The van der Waals surface area contributed by atoms with Crippen LogP contribution in [-0.2, 0) is 0 Å². The molecule has 20 heavy (non-hydrogen) atoms. The van der Waals surface area contributed by atoms with E-state index in [0.717, 1.165) is 21.6 Å². The molecule has 0 unspecified atom stereocenters. The minimum absolute atomic E-state index is 0.534. The average Bonchev–Trinajstić information content (AvgIpc) is 2.49. The van der Waals surface area contributed by atoms with Gasteiger partial charge in [0, 0.05) is 32.1 Å². The normalized spacial score (nSPS) is 22.7. The second-order valence-corrected chi connectivity index (χ2v) is 8.11. The summed E-state index contributed by atoms with van der Waals surface area (Å²) >= 11 is 16.0. The molecule has 1 aliphatic rings. The van der Waals surface area contributed by atoms with Crippen molar-refractivity contribution in [1.29, 1.82) is 0 Å². The summed E-state index contributed by atoms with van der Waals surface area (Å²) in [5.74, 6) is 2.33. The molecule has 2 aromatic rings. The first-order valence-corrected chi connectivity index (χ1v) is 9.32. The fourth-order valence-electron chi connectivity index (χ4n) is 2.26. The summed E-state index contributed by atoms with van der Waals surface area (Å²) in [6.45, 7) is 0. The summed E-state index contributed by atoms with van der Waals surface area (Å²) in [5.41, 5.74) is 2.73. The van der Waals surface area contributed by atoms with Gasteiger partial charge in [-0.1, -0.05) is 47.5 Å². The van der Waals surface area contributed by atoms with Crippen molar-refractivity contribution in [2.45, 2.75) is 10.5 Å². The van der Waals surface area contributed by atoms with Gasteiger partial charge in [-0.3, -0.25) is 0 Å². The molecule has 0 N–H and O–H groups in total. The van der Waals surface area contributed by atoms with E-state index in [1.54, 1.807) is 0 Å². The van der Waals surface area contributed by atoms with Crippen molar-refractivity contribution in [3.8, 4) is 0 Å². The van der Waals surface area contributed by atoms with Crippen LogP contribution in [0.1, 0.15) is 21.6 Å². The van der Waals surface area contributed by atoms with Gasteiger partial charge in [0.2, 0.25) is 0 Å². The number of halogens is 2. The topological polar surface area (TPSA) is 0 Å². The van der Waals surface area contributed by atoms with E-state index in [2.05, 4.69) is 24.3 Å². The lowest BCUT2D eigenvalue weighted by Crippen LogP contribution is -2.11. The Balaban J connectivity index is 1.76. The van der Waals surface area contributed by atoms with E-state index < -0.39 is 0 Å². The largest absolute Gasteiger partial charge is 0.159 e. The lowest BCUT2D eigenvalue weighted by molar-refractivity contribution is 1.02. The smallest absolute Gasteiger partial charge is 0.0406 e. The first kappa shape index (κ1) is 14.6. The minimum atomic E-state index is 0.534. The van der Waals surface area contributed by atoms with Crippen LogP contribution in [0.25, 0.3) is 0 Å². The third-order valence-electron chi connectivity index (χ3n) is 3.35. The van der Waals surface area contributed by atoms with Crippen molar-refractivity contribution in [2.24, 2.45) is 0 Å². The van der Waals surface area contributed by atoms with Gasteiger partial charge < -0.3 is 0 Å². The molecule has 0 bridgehead atoms. The van der Waals surface area contributed by atoms with E-state index in [9.17, 15) is 0 Å². The Labute approximate surface area is 138 Å². The highest BCUT2D eigenvalue weighted by atomic mass is 35.5. The molecule has 2 atom stereocenters. The zero-order chi connectivity index (χ0) is 13.9. The molecule has 0 aliphatic carbocycles. The van der Waals surface area contributed by atoms with Crippen LogP contribution in [0, 0.1) is 0 Å². The molecule has 1 fully saturated rings. The molecule has 0 amide bonds. The maximum absolute atomic E-state index is 5.97. The zero-order valence-corrected chi connectivity index (χ0v) is 13.9. The summed E-state index contributed by atoms with van der Waals surface area (Å²) in [5, 5.41) is 2.67. The van der Waals surface area contributed by atoms with Crippen LogP contribution in [0.2, 0.25) is 10.0 Å². The molecule has 1 saturated heterocycles. The van der Waals surface area contributed by atoms with Crippen molar-refractivity contribution in [3.05, 3.63) is 69.7 Å². The number of benzene rings is 2. The van der Waals surface area contributed by atoms with E-state index >= 15 is 0 Å². The van der Waals surface area contributed by atoms with Gasteiger partial charge in [-0.15, -0.1) is 11.8 Å². The highest BCUT2D eigenvalue weighted by molar-refractivity contribution is 8.06. The van der Waals surface area contributed by atoms with Gasteiger partial charge in [-0.25, -0.2) is 0 Å². The molecule has 4 heteroatoms. The van der Waals surface area contributed by atoms with Crippen molar-refractivity contribution < 1.29 is 0 Å². The summed E-state index contributed by atoms with van der Waals surface area (Å²) in [6, 6.07) is 16.5. The predicted molar refractivity (Wildman–Crippen MR) is 93.3 cm³/mol. The van der Waals surface area contributed by atoms with E-state index in [-0.39, 0.29) is 0 Å². The van der Waals surface area contributed by atoms with Gasteiger partial charge in [-0.05, 0) is 35.4 Å². The molecule has 0 spiro atoms. The summed E-state index contributed by atoms with van der Waals surface area (Å²) in [6.07, 6.45) is 0. The Morgan fingerprint density at radius 1 is 0.700 bits per heavy atom. The monoisotopic (exact) mass is 340 g/mol. The fourth-order valence-corrected chi connectivity index (χ4v) is 5.70. The van der Waals surface area contributed by atoms with E-state index in [1.807, 2.05) is 47.8 Å². The number of rotatable bonds is 2. The minimum Gasteiger partial charge on any atom is -0.159 e. The molecule has 0 nitrogen and oxygen atoms in total. The second-order valence-electron chi connectivity index (χ2n) is 4.75. The highest BCUT2D eigenvalue weighted by Crippen LogP contribution is 2.48. The predicted octanol–water partition coefficient (Wildman–Crippen LogP) is 6.26. The lowest BCUT2D eigenvalue weighted by Gasteiger charge is -2.29. The fraction of sp³-hybridized carbons (Fsp3) is 0.250. The SMILES string of the molecule is Clc1ccc([C@@H]2CSC[C@H](c3ccc(Cl)cc3)S2)cc1. The van der Waals surface area contributed by atoms with E-state index in [0.29, 0.717) is 10.5 Å². The summed E-state index contributed by atoms with van der Waals surface area (Å²) in [7, 11) is 0. The van der Waals surface area contributed by atoms with Crippen LogP contribution < -0.4 is 0 Å². The van der Waals surface area contributed by atoms with Crippen LogP contribution in [0.5, 0.6) is 0 Å². The number of thioether (sulfide) groups is 2. The van der Waals surface area contributed by atoms with Crippen LogP contribution in [0.3, 0.4) is 0 Å². The molecular weight excluding hydrogens is 327 g/mol. The second kappa shape index (κ2) is 6.65. The van der Waals surface area contributed by atoms with Crippen LogP contribution >= 0.6 is 46.7 Å². The molecule has 0 saturated carbocycles. The zero-order valence-electron chi connectivity index (χ0n) is 10.8. The third-order valence-corrected chi connectivity index (χ3v) is 6.95. The Morgan fingerprint density at radius 2 is 1.10 bits per heavy atom. The molecule has 2 aromatic carbocycles. The van der Waals surface area contributed by atoms with E-state index in [1.165, 1.54) is 11.1 Å². The molecule has 104 valence electrons. The average molecular weight is 341 g/mol. The molecule has 0 aromatic heterocycles. The van der Waals surface area contributed by atoms with Crippen LogP contribution in [0.15, 0.2) is 48.5 Å².